The first kappa shape index (κ1) is 59.8. The van der Waals surface area contributed by atoms with Crippen LogP contribution in [0.3, 0.4) is 0 Å². The first-order valence-electron chi connectivity index (χ1n) is 28.1. The van der Waals surface area contributed by atoms with E-state index in [0.717, 1.165) is 18.6 Å². The molecule has 19 heteroatoms. The molecule has 3 aliphatic carbocycles. The van der Waals surface area contributed by atoms with Crippen molar-refractivity contribution in [3.63, 3.8) is 0 Å². The number of Topliss-reactive ketones (excluding diaryl/α,β-unsaturated/α-hetero) is 1. The van der Waals surface area contributed by atoms with Gasteiger partial charge in [-0.1, -0.05) is 135 Å². The summed E-state index contributed by atoms with van der Waals surface area (Å²) in [7, 11) is 0. The van der Waals surface area contributed by atoms with Gasteiger partial charge in [0.15, 0.2) is 22.9 Å². The molecule has 6 aromatic rings. The second-order valence-electron chi connectivity index (χ2n) is 23.0. The number of benzene rings is 5. The summed E-state index contributed by atoms with van der Waals surface area (Å²) in [5.74, 6) is -7.42. The first-order valence-corrected chi connectivity index (χ1v) is 28.1. The smallest absolute Gasteiger partial charge is 0.350 e. The molecule has 5 aromatic carbocycles. The third-order valence-electron chi connectivity index (χ3n) is 17.4. The predicted molar refractivity (Wildman–Crippen MR) is 305 cm³/mol. The Morgan fingerprint density at radius 3 is 2.02 bits per heavy atom. The van der Waals surface area contributed by atoms with E-state index in [9.17, 15) is 39.3 Å². The van der Waals surface area contributed by atoms with Gasteiger partial charge in [0, 0.05) is 68.3 Å². The highest BCUT2D eigenvalue weighted by Crippen LogP contribution is 2.64. The Kier molecular flexibility index (Phi) is 16.9. The summed E-state index contributed by atoms with van der Waals surface area (Å²) >= 11 is 0. The number of hydrogen-bond acceptors (Lipinski definition) is 19. The van der Waals surface area contributed by atoms with Gasteiger partial charge in [-0.3, -0.25) is 28.8 Å². The van der Waals surface area contributed by atoms with Gasteiger partial charge >= 0.3 is 29.8 Å². The van der Waals surface area contributed by atoms with Crippen LogP contribution < -0.4 is 15.5 Å². The number of ether oxygens (including phenoxy) is 7. The summed E-state index contributed by atoms with van der Waals surface area (Å²) in [5.41, 5.74) is -5.32. The monoisotopic (exact) mass is 1160 g/mol. The van der Waals surface area contributed by atoms with Crippen LogP contribution in [0.4, 0.5) is 0 Å². The number of nitrogens with one attached hydrogen (secondary N) is 1. The maximum absolute atomic E-state index is 15.9. The average molecular weight is 1160 g/mol. The number of carbonyl (C=O) groups is 6. The van der Waals surface area contributed by atoms with Gasteiger partial charge in [-0.25, -0.2) is 4.79 Å². The summed E-state index contributed by atoms with van der Waals surface area (Å²) in [6, 6.07) is 38.0. The molecule has 2 heterocycles. The SMILES string of the molecule is CC(=O)O[C@H]1C(=O)[C@@]2(C)[C@H]([C@H](OCc3ccccc3)[C@]3(O)C[C@H](OC(=O)[C@H](OC(=O)CCC(=O)Oc4cc(O)c5c(=O)cc(-c6ccccc6)oc5c4)[C@@H](NCc4ccccc4)c4ccccc4)C(C)=C1C3(C)C)[C@]1(OC(C)=O)CO[C@@H]1C[C@@H]2O. The van der Waals surface area contributed by atoms with E-state index in [2.05, 4.69) is 5.32 Å². The quantitative estimate of drug-likeness (QED) is 0.0276. The van der Waals surface area contributed by atoms with Crippen molar-refractivity contribution in [1.82, 2.24) is 5.32 Å². The van der Waals surface area contributed by atoms with E-state index in [1.165, 1.54) is 26.0 Å². The van der Waals surface area contributed by atoms with E-state index in [-0.39, 0.29) is 59.8 Å². The first-order chi connectivity index (χ1) is 40.5. The number of rotatable bonds is 18. The maximum Gasteiger partial charge on any atom is 0.350 e. The molecule has 11 atom stereocenters. The predicted octanol–water partition coefficient (Wildman–Crippen LogP) is 7.87. The summed E-state index contributed by atoms with van der Waals surface area (Å²) < 4.78 is 49.4. The molecule has 444 valence electrons. The van der Waals surface area contributed by atoms with Crippen molar-refractivity contribution in [2.24, 2.45) is 16.7 Å². The molecule has 4 aliphatic rings. The number of aromatic hydroxyl groups is 1. The molecule has 3 fully saturated rings. The fourth-order valence-electron chi connectivity index (χ4n) is 13.1. The number of phenols is 1. The van der Waals surface area contributed by atoms with Crippen LogP contribution in [-0.2, 0) is 70.3 Å². The number of aliphatic hydroxyl groups excluding tert-OH is 1. The second-order valence-corrected chi connectivity index (χ2v) is 23.0. The zero-order valence-corrected chi connectivity index (χ0v) is 47.8. The van der Waals surface area contributed by atoms with Crippen LogP contribution in [0.5, 0.6) is 11.5 Å². The molecule has 0 amide bonds. The van der Waals surface area contributed by atoms with Gasteiger partial charge in [0.25, 0.3) is 0 Å². The van der Waals surface area contributed by atoms with Gasteiger partial charge in [-0.15, -0.1) is 0 Å². The fourth-order valence-corrected chi connectivity index (χ4v) is 13.1. The Morgan fingerprint density at radius 1 is 0.776 bits per heavy atom. The van der Waals surface area contributed by atoms with Crippen LogP contribution in [-0.4, -0.2) is 105 Å². The largest absolute Gasteiger partial charge is 0.507 e. The van der Waals surface area contributed by atoms with Crippen LogP contribution in [0.25, 0.3) is 22.3 Å². The highest BCUT2D eigenvalue weighted by atomic mass is 16.6. The number of carbonyl (C=O) groups excluding carboxylic acids is 6. The molecule has 85 heavy (non-hydrogen) atoms. The minimum Gasteiger partial charge on any atom is -0.507 e. The van der Waals surface area contributed by atoms with Crippen LogP contribution in [0.15, 0.2) is 160 Å². The molecule has 10 rings (SSSR count). The zero-order valence-electron chi connectivity index (χ0n) is 47.8. The number of hydrogen-bond donors (Lipinski definition) is 4. The fraction of sp³-hybridized carbons (Fsp3) is 0.379. The van der Waals surface area contributed by atoms with E-state index >= 15 is 9.59 Å². The van der Waals surface area contributed by atoms with Crippen LogP contribution in [0.1, 0.15) is 90.0 Å². The van der Waals surface area contributed by atoms with Crippen molar-refractivity contribution in [2.75, 3.05) is 6.61 Å². The van der Waals surface area contributed by atoms with Crippen molar-refractivity contribution in [2.45, 2.75) is 134 Å². The third-order valence-corrected chi connectivity index (χ3v) is 17.4. The number of fused-ring (bicyclic) bond motifs is 6. The zero-order chi connectivity index (χ0) is 60.6. The summed E-state index contributed by atoms with van der Waals surface area (Å²) in [6.45, 7) is 8.42. The molecule has 2 saturated carbocycles. The third kappa shape index (κ3) is 11.4. The lowest BCUT2D eigenvalue weighted by Gasteiger charge is -2.67. The van der Waals surface area contributed by atoms with Crippen molar-refractivity contribution in [3.05, 3.63) is 178 Å². The molecule has 1 saturated heterocycles. The van der Waals surface area contributed by atoms with Crippen molar-refractivity contribution >= 4 is 46.6 Å². The molecular formula is C66H67NO18. The number of phenolic OH excluding ortho intramolecular Hbond substituents is 1. The number of aliphatic hydroxyl groups is 2. The van der Waals surface area contributed by atoms with Gasteiger partial charge in [-0.2, -0.15) is 0 Å². The highest BCUT2D eigenvalue weighted by molar-refractivity contribution is 5.95. The Hall–Kier alpha value is -8.33. The van der Waals surface area contributed by atoms with Crippen LogP contribution in [0, 0.1) is 16.7 Å². The van der Waals surface area contributed by atoms with E-state index in [0.29, 0.717) is 16.7 Å². The van der Waals surface area contributed by atoms with Gasteiger partial charge in [0.2, 0.25) is 6.10 Å². The molecular weight excluding hydrogens is 1090 g/mol. The lowest BCUT2D eigenvalue weighted by molar-refractivity contribution is -0.351. The molecule has 1 aromatic heterocycles. The minimum atomic E-state index is -2.26. The Labute approximate surface area is 489 Å². The van der Waals surface area contributed by atoms with Crippen molar-refractivity contribution in [1.29, 1.82) is 0 Å². The minimum absolute atomic E-state index is 0.0559. The van der Waals surface area contributed by atoms with Gasteiger partial charge in [-0.05, 0) is 41.7 Å². The van der Waals surface area contributed by atoms with E-state index in [1.54, 1.807) is 106 Å². The Morgan fingerprint density at radius 2 is 1.40 bits per heavy atom. The lowest BCUT2D eigenvalue weighted by atomic mass is 9.44. The standard InChI is InChI=1S/C66H67NO18/c1-37-49(33-66(77)61(78-35-41-21-13-8-14-22-41)59-64(6,50(72)32-51-65(59,36-79-51)85-39(3)69)60(75)57(80-38(2)68)55(37)63(66,4)5)83-62(76)58(56(43-25-17-10-18-26-43)67-34-40-19-11-7-12-20-40)84-53(74)28-27-52(73)81-44-29-45(70)54-46(71)31-47(82-48(54)30-44)42-23-15-9-16-24-42/h7-26,29-31,49-51,56-59,61,67,70,72,77H,27-28,32-36H2,1-6H3/t49-,50-,51+,56-,57+,58+,59-,61-,64+,65-,66+/m0/s1. The lowest BCUT2D eigenvalue weighted by Crippen LogP contribution is -2.81. The van der Waals surface area contributed by atoms with Gasteiger partial charge < -0.3 is 58.2 Å². The molecule has 4 N–H and O–H groups in total. The normalized spacial score (nSPS) is 26.4. The molecule has 19 nitrogen and oxygen atoms in total. The maximum atomic E-state index is 15.9. The van der Waals surface area contributed by atoms with Gasteiger partial charge in [0.05, 0.1) is 49.7 Å². The second kappa shape index (κ2) is 24.0. The molecule has 0 unspecified atom stereocenters. The number of esters is 5. The van der Waals surface area contributed by atoms with Gasteiger partial charge in [0.1, 0.15) is 46.0 Å². The Balaban J connectivity index is 1.01. The van der Waals surface area contributed by atoms with E-state index in [4.69, 9.17) is 37.6 Å². The summed E-state index contributed by atoms with van der Waals surface area (Å²) in [5, 5.41) is 40.6. The average Bonchev–Trinajstić information content (AvgIpc) is 0.688. The van der Waals surface area contributed by atoms with Crippen molar-refractivity contribution < 1.29 is 81.7 Å². The van der Waals surface area contributed by atoms with E-state index < -0.39 is 137 Å². The summed E-state index contributed by atoms with van der Waals surface area (Å²) in [4.78, 5) is 99.0. The van der Waals surface area contributed by atoms with Crippen LogP contribution in [0.2, 0.25) is 0 Å². The van der Waals surface area contributed by atoms with E-state index in [1.807, 2.05) is 36.4 Å². The Bertz CT molecular complexity index is 3610. The molecule has 0 spiro atoms. The summed E-state index contributed by atoms with van der Waals surface area (Å²) in [6.07, 6.45) is -11.0. The topological polar surface area (TPSA) is 270 Å². The molecule has 1 aliphatic heterocycles. The molecule has 2 bridgehead atoms. The molecule has 0 radical (unpaired) electrons. The van der Waals surface area contributed by atoms with Crippen LogP contribution >= 0.6 is 0 Å². The highest BCUT2D eigenvalue weighted by Gasteiger charge is 2.78. The van der Waals surface area contributed by atoms with Crippen molar-refractivity contribution in [3.8, 4) is 22.8 Å². The number of ketones is 1.